The average molecular weight is 211 g/mol. The lowest BCUT2D eigenvalue weighted by Gasteiger charge is -2.17. The third kappa shape index (κ3) is 2.37. The SMILES string of the molecule is CCC(CC)c1nnc(CO)n1C(C)C. The first-order valence-electron chi connectivity index (χ1n) is 5.70. The highest BCUT2D eigenvalue weighted by atomic mass is 16.3. The van der Waals surface area contributed by atoms with Gasteiger partial charge < -0.3 is 9.67 Å². The lowest BCUT2D eigenvalue weighted by molar-refractivity contribution is 0.261. The van der Waals surface area contributed by atoms with Gasteiger partial charge in [0.1, 0.15) is 12.4 Å². The van der Waals surface area contributed by atoms with Crippen molar-refractivity contribution >= 4 is 0 Å². The smallest absolute Gasteiger partial charge is 0.159 e. The fraction of sp³-hybridized carbons (Fsp3) is 0.818. The molecule has 0 radical (unpaired) electrons. The Balaban J connectivity index is 3.11. The molecule has 0 aromatic carbocycles. The van der Waals surface area contributed by atoms with Gasteiger partial charge in [-0.05, 0) is 26.7 Å². The van der Waals surface area contributed by atoms with Crippen molar-refractivity contribution < 1.29 is 5.11 Å². The monoisotopic (exact) mass is 211 g/mol. The lowest BCUT2D eigenvalue weighted by Crippen LogP contribution is -2.13. The zero-order valence-electron chi connectivity index (χ0n) is 10.1. The largest absolute Gasteiger partial charge is 0.388 e. The summed E-state index contributed by atoms with van der Waals surface area (Å²) < 4.78 is 2.05. The molecule has 0 saturated carbocycles. The number of nitrogens with zero attached hydrogens (tertiary/aromatic N) is 3. The first-order chi connectivity index (χ1) is 7.15. The molecular weight excluding hydrogens is 190 g/mol. The van der Waals surface area contributed by atoms with Crippen molar-refractivity contribution in [2.45, 2.75) is 59.1 Å². The maximum Gasteiger partial charge on any atom is 0.159 e. The number of aliphatic hydroxyl groups is 1. The molecule has 1 heterocycles. The van der Waals surface area contributed by atoms with Gasteiger partial charge in [-0.15, -0.1) is 10.2 Å². The highest BCUT2D eigenvalue weighted by Gasteiger charge is 2.19. The Morgan fingerprint density at radius 1 is 1.20 bits per heavy atom. The summed E-state index contributed by atoms with van der Waals surface area (Å²) in [6, 6.07) is 0.303. The quantitative estimate of drug-likeness (QED) is 0.812. The molecule has 1 N–H and O–H groups in total. The van der Waals surface area contributed by atoms with Gasteiger partial charge in [-0.25, -0.2) is 0 Å². The fourth-order valence-corrected chi connectivity index (χ4v) is 1.94. The van der Waals surface area contributed by atoms with Crippen LogP contribution in [0.1, 0.15) is 64.1 Å². The van der Waals surface area contributed by atoms with E-state index in [-0.39, 0.29) is 6.61 Å². The van der Waals surface area contributed by atoms with Crippen LogP contribution in [0, 0.1) is 0 Å². The number of hydrogen-bond donors (Lipinski definition) is 1. The van der Waals surface area contributed by atoms with Crippen molar-refractivity contribution in [2.24, 2.45) is 0 Å². The summed E-state index contributed by atoms with van der Waals surface area (Å²) in [5.74, 6) is 2.13. The topological polar surface area (TPSA) is 50.9 Å². The molecule has 1 aromatic heterocycles. The Morgan fingerprint density at radius 3 is 2.20 bits per heavy atom. The second-order valence-electron chi connectivity index (χ2n) is 4.11. The van der Waals surface area contributed by atoms with Crippen LogP contribution >= 0.6 is 0 Å². The summed E-state index contributed by atoms with van der Waals surface area (Å²) in [5, 5.41) is 17.4. The molecule has 0 amide bonds. The molecule has 0 aliphatic heterocycles. The molecule has 0 unspecified atom stereocenters. The Labute approximate surface area is 91.3 Å². The highest BCUT2D eigenvalue weighted by molar-refractivity contribution is 5.02. The fourth-order valence-electron chi connectivity index (χ4n) is 1.94. The maximum absolute atomic E-state index is 9.18. The summed E-state index contributed by atoms with van der Waals surface area (Å²) >= 11 is 0. The van der Waals surface area contributed by atoms with Crippen LogP contribution < -0.4 is 0 Å². The van der Waals surface area contributed by atoms with E-state index >= 15 is 0 Å². The Kier molecular flexibility index (Phi) is 4.27. The van der Waals surface area contributed by atoms with E-state index in [1.165, 1.54) is 0 Å². The molecule has 0 saturated heterocycles. The molecule has 4 heteroatoms. The predicted octanol–water partition coefficient (Wildman–Crippen LogP) is 2.25. The minimum absolute atomic E-state index is 0.0364. The summed E-state index contributed by atoms with van der Waals surface area (Å²) in [5.41, 5.74) is 0. The molecule has 4 nitrogen and oxygen atoms in total. The molecule has 1 rings (SSSR count). The Hall–Kier alpha value is -0.900. The predicted molar refractivity (Wildman–Crippen MR) is 59.7 cm³/mol. The van der Waals surface area contributed by atoms with Crippen LogP contribution in [0.25, 0.3) is 0 Å². The number of hydrogen-bond acceptors (Lipinski definition) is 3. The third-order valence-corrected chi connectivity index (χ3v) is 2.80. The van der Waals surface area contributed by atoms with Gasteiger partial charge in [0.25, 0.3) is 0 Å². The first kappa shape index (κ1) is 12.2. The molecule has 0 atom stereocenters. The minimum Gasteiger partial charge on any atom is -0.388 e. The van der Waals surface area contributed by atoms with Crippen LogP contribution in [-0.2, 0) is 6.61 Å². The van der Waals surface area contributed by atoms with Gasteiger partial charge in [0, 0.05) is 12.0 Å². The van der Waals surface area contributed by atoms with Crippen molar-refractivity contribution in [3.8, 4) is 0 Å². The van der Waals surface area contributed by atoms with Crippen LogP contribution in [0.3, 0.4) is 0 Å². The number of aromatic nitrogens is 3. The Morgan fingerprint density at radius 2 is 1.80 bits per heavy atom. The zero-order valence-corrected chi connectivity index (χ0v) is 10.1. The molecule has 15 heavy (non-hydrogen) atoms. The second-order valence-corrected chi connectivity index (χ2v) is 4.11. The van der Waals surface area contributed by atoms with Gasteiger partial charge in [0.15, 0.2) is 5.82 Å². The minimum atomic E-state index is -0.0364. The molecule has 1 aromatic rings. The van der Waals surface area contributed by atoms with E-state index in [0.717, 1.165) is 18.7 Å². The third-order valence-electron chi connectivity index (χ3n) is 2.80. The maximum atomic E-state index is 9.18. The van der Waals surface area contributed by atoms with Gasteiger partial charge in [-0.1, -0.05) is 13.8 Å². The van der Waals surface area contributed by atoms with E-state index in [1.807, 2.05) is 0 Å². The van der Waals surface area contributed by atoms with Crippen LogP contribution in [0.2, 0.25) is 0 Å². The molecule has 0 fully saturated rings. The van der Waals surface area contributed by atoms with E-state index in [2.05, 4.69) is 42.5 Å². The molecule has 86 valence electrons. The van der Waals surface area contributed by atoms with Crippen LogP contribution in [-0.4, -0.2) is 19.9 Å². The standard InChI is InChI=1S/C11H21N3O/c1-5-9(6-2)11-13-12-10(7-15)14(11)8(3)4/h8-9,15H,5-7H2,1-4H3. The van der Waals surface area contributed by atoms with Crippen molar-refractivity contribution in [1.82, 2.24) is 14.8 Å². The van der Waals surface area contributed by atoms with E-state index in [0.29, 0.717) is 17.8 Å². The van der Waals surface area contributed by atoms with E-state index < -0.39 is 0 Å². The summed E-state index contributed by atoms with van der Waals surface area (Å²) in [6.45, 7) is 8.46. The molecule has 0 spiro atoms. The van der Waals surface area contributed by atoms with Gasteiger partial charge in [0.05, 0.1) is 0 Å². The average Bonchev–Trinajstić information content (AvgIpc) is 2.63. The summed E-state index contributed by atoms with van der Waals surface area (Å²) in [6.07, 6.45) is 2.12. The molecule has 0 bridgehead atoms. The van der Waals surface area contributed by atoms with Crippen LogP contribution in [0.4, 0.5) is 0 Å². The molecular formula is C11H21N3O. The van der Waals surface area contributed by atoms with Crippen molar-refractivity contribution in [2.75, 3.05) is 0 Å². The first-order valence-corrected chi connectivity index (χ1v) is 5.70. The van der Waals surface area contributed by atoms with Crippen molar-refractivity contribution in [3.05, 3.63) is 11.6 Å². The second kappa shape index (κ2) is 5.26. The Bertz CT molecular complexity index is 303. The number of rotatable bonds is 5. The van der Waals surface area contributed by atoms with E-state index in [1.54, 1.807) is 0 Å². The van der Waals surface area contributed by atoms with Crippen LogP contribution in [0.5, 0.6) is 0 Å². The molecule has 0 aliphatic rings. The highest BCUT2D eigenvalue weighted by Crippen LogP contribution is 2.24. The summed E-state index contributed by atoms with van der Waals surface area (Å²) in [7, 11) is 0. The van der Waals surface area contributed by atoms with Crippen molar-refractivity contribution in [3.63, 3.8) is 0 Å². The molecule has 0 aliphatic carbocycles. The van der Waals surface area contributed by atoms with E-state index in [9.17, 15) is 5.11 Å². The van der Waals surface area contributed by atoms with Gasteiger partial charge >= 0.3 is 0 Å². The van der Waals surface area contributed by atoms with Crippen LogP contribution in [0.15, 0.2) is 0 Å². The number of aliphatic hydroxyl groups excluding tert-OH is 1. The van der Waals surface area contributed by atoms with Gasteiger partial charge in [-0.2, -0.15) is 0 Å². The zero-order chi connectivity index (χ0) is 11.4. The normalized spacial score (nSPS) is 11.7. The summed E-state index contributed by atoms with van der Waals surface area (Å²) in [4.78, 5) is 0. The van der Waals surface area contributed by atoms with Crippen molar-refractivity contribution in [1.29, 1.82) is 0 Å². The van der Waals surface area contributed by atoms with E-state index in [4.69, 9.17) is 0 Å². The van der Waals surface area contributed by atoms with Gasteiger partial charge in [0.2, 0.25) is 0 Å². The lowest BCUT2D eigenvalue weighted by atomic mass is 10.0. The van der Waals surface area contributed by atoms with Gasteiger partial charge in [-0.3, -0.25) is 0 Å².